The second kappa shape index (κ2) is 9.09. The first-order valence-electron chi connectivity index (χ1n) is 9.31. The number of rotatable bonds is 6. The van der Waals surface area contributed by atoms with Gasteiger partial charge in [-0.15, -0.1) is 0 Å². The van der Waals surface area contributed by atoms with Gasteiger partial charge in [-0.2, -0.15) is 0 Å². The highest BCUT2D eigenvalue weighted by molar-refractivity contribution is 5.96. The van der Waals surface area contributed by atoms with Crippen LogP contribution < -0.4 is 20.3 Å². The number of amides is 2. The predicted octanol–water partition coefficient (Wildman–Crippen LogP) is 1.82. The van der Waals surface area contributed by atoms with Crippen molar-refractivity contribution in [3.8, 4) is 5.75 Å². The molecular weight excluding hydrogens is 374 g/mol. The minimum atomic E-state index is -0.702. The highest BCUT2D eigenvalue weighted by Gasteiger charge is 2.31. The Hall–Kier alpha value is -3.55. The first-order valence-corrected chi connectivity index (χ1v) is 9.31. The van der Waals surface area contributed by atoms with E-state index >= 15 is 0 Å². The number of ether oxygens (including phenoxy) is 2. The number of esters is 1. The van der Waals surface area contributed by atoms with E-state index in [0.717, 1.165) is 5.69 Å². The quantitative estimate of drug-likeness (QED) is 0.722. The summed E-state index contributed by atoms with van der Waals surface area (Å²) >= 11 is 0. The molecule has 29 heavy (non-hydrogen) atoms. The molecule has 0 bridgehead atoms. The Kier molecular flexibility index (Phi) is 6.33. The van der Waals surface area contributed by atoms with Crippen molar-refractivity contribution in [1.29, 1.82) is 0 Å². The highest BCUT2D eigenvalue weighted by Crippen LogP contribution is 2.32. The van der Waals surface area contributed by atoms with Crippen LogP contribution in [-0.4, -0.2) is 50.6 Å². The largest absolute Gasteiger partial charge is 0.477 e. The smallest absolute Gasteiger partial charge is 0.338 e. The molecule has 1 aliphatic rings. The van der Waals surface area contributed by atoms with E-state index in [1.54, 1.807) is 49.2 Å². The van der Waals surface area contributed by atoms with Gasteiger partial charge >= 0.3 is 5.97 Å². The van der Waals surface area contributed by atoms with Gasteiger partial charge in [0.05, 0.1) is 30.9 Å². The molecule has 0 spiro atoms. The van der Waals surface area contributed by atoms with E-state index < -0.39 is 12.1 Å². The van der Waals surface area contributed by atoms with Crippen molar-refractivity contribution < 1.29 is 23.9 Å². The van der Waals surface area contributed by atoms with Crippen LogP contribution in [0.15, 0.2) is 48.5 Å². The zero-order chi connectivity index (χ0) is 20.8. The van der Waals surface area contributed by atoms with Crippen LogP contribution in [0.5, 0.6) is 5.75 Å². The lowest BCUT2D eigenvalue weighted by molar-refractivity contribution is -0.127. The number of carbonyl (C=O) groups is 3. The van der Waals surface area contributed by atoms with Gasteiger partial charge in [-0.05, 0) is 43.3 Å². The van der Waals surface area contributed by atoms with Crippen LogP contribution in [0.3, 0.4) is 0 Å². The number of anilines is 2. The molecule has 0 fully saturated rings. The van der Waals surface area contributed by atoms with Gasteiger partial charge in [0.2, 0.25) is 5.91 Å². The van der Waals surface area contributed by atoms with E-state index in [9.17, 15) is 14.4 Å². The highest BCUT2D eigenvalue weighted by atomic mass is 16.5. The molecule has 2 aromatic carbocycles. The summed E-state index contributed by atoms with van der Waals surface area (Å²) in [6, 6.07) is 13.8. The molecule has 2 aromatic rings. The summed E-state index contributed by atoms with van der Waals surface area (Å²) in [5.41, 5.74) is 1.73. The maximum atomic E-state index is 12.6. The third-order valence-electron chi connectivity index (χ3n) is 4.41. The maximum Gasteiger partial charge on any atom is 0.338 e. The summed E-state index contributed by atoms with van der Waals surface area (Å²) in [6.45, 7) is 2.35. The molecule has 3 rings (SSSR count). The van der Waals surface area contributed by atoms with E-state index in [1.807, 2.05) is 18.2 Å². The molecular formula is C21H23N3O5. The number of hydrogen-bond acceptors (Lipinski definition) is 6. The number of fused-ring (bicyclic) bond motifs is 1. The second-order valence-electron chi connectivity index (χ2n) is 6.41. The molecule has 1 aliphatic heterocycles. The number of hydrogen-bond donors (Lipinski definition) is 2. The minimum Gasteiger partial charge on any atom is -0.477 e. The van der Waals surface area contributed by atoms with Gasteiger partial charge in [0, 0.05) is 12.7 Å². The number of nitrogens with one attached hydrogen (secondary N) is 2. The number of likely N-dealkylation sites (N-methyl/N-ethyl adjacent to an activating group) is 1. The van der Waals surface area contributed by atoms with Crippen LogP contribution in [0.2, 0.25) is 0 Å². The van der Waals surface area contributed by atoms with E-state index in [1.165, 1.54) is 0 Å². The van der Waals surface area contributed by atoms with Gasteiger partial charge in [-0.1, -0.05) is 12.1 Å². The van der Waals surface area contributed by atoms with E-state index in [4.69, 9.17) is 9.47 Å². The normalized spacial score (nSPS) is 15.0. The summed E-state index contributed by atoms with van der Waals surface area (Å²) < 4.78 is 10.7. The lowest BCUT2D eigenvalue weighted by atomic mass is 10.1. The van der Waals surface area contributed by atoms with Crippen LogP contribution in [0.25, 0.3) is 0 Å². The fraction of sp³-hybridized carbons (Fsp3) is 0.286. The van der Waals surface area contributed by atoms with Crippen LogP contribution >= 0.6 is 0 Å². The van der Waals surface area contributed by atoms with Crippen molar-refractivity contribution in [3.63, 3.8) is 0 Å². The van der Waals surface area contributed by atoms with Crippen molar-refractivity contribution >= 4 is 29.2 Å². The number of benzene rings is 2. The standard InChI is InChI=1S/C21H23N3O5/c1-3-28-21(27)14-8-10-15(11-9-14)23-19(25)13-24-12-18(20(26)22-2)29-17-7-5-4-6-16(17)24/h4-11,18H,3,12-13H2,1-2H3,(H,22,26)(H,23,25)/t18-/m0/s1. The van der Waals surface area contributed by atoms with Gasteiger partial charge in [0.15, 0.2) is 6.10 Å². The van der Waals surface area contributed by atoms with E-state index in [-0.39, 0.29) is 24.9 Å². The number of carbonyl (C=O) groups excluding carboxylic acids is 3. The molecule has 2 amide bonds. The van der Waals surface area contributed by atoms with Crippen molar-refractivity contribution in [2.45, 2.75) is 13.0 Å². The molecule has 0 saturated carbocycles. The molecule has 0 unspecified atom stereocenters. The van der Waals surface area contributed by atoms with E-state index in [2.05, 4.69) is 10.6 Å². The van der Waals surface area contributed by atoms with Crippen LogP contribution in [0, 0.1) is 0 Å². The average molecular weight is 397 g/mol. The molecule has 0 aliphatic carbocycles. The Morgan fingerprint density at radius 1 is 1.14 bits per heavy atom. The average Bonchev–Trinajstić information content (AvgIpc) is 2.73. The molecule has 8 heteroatoms. The predicted molar refractivity (Wildman–Crippen MR) is 108 cm³/mol. The monoisotopic (exact) mass is 397 g/mol. The molecule has 8 nitrogen and oxygen atoms in total. The molecule has 0 radical (unpaired) electrons. The van der Waals surface area contributed by atoms with Gasteiger partial charge in [-0.3, -0.25) is 9.59 Å². The van der Waals surface area contributed by atoms with Crippen molar-refractivity contribution in [2.24, 2.45) is 0 Å². The van der Waals surface area contributed by atoms with Gasteiger partial charge in [0.1, 0.15) is 5.75 Å². The summed E-state index contributed by atoms with van der Waals surface area (Å²) in [5, 5.41) is 5.38. The third kappa shape index (κ3) is 4.84. The number of para-hydroxylation sites is 2. The van der Waals surface area contributed by atoms with Crippen molar-refractivity contribution in [2.75, 3.05) is 37.0 Å². The lowest BCUT2D eigenvalue weighted by Gasteiger charge is -2.34. The molecule has 1 atom stereocenters. The van der Waals surface area contributed by atoms with Gasteiger partial charge in [-0.25, -0.2) is 4.79 Å². The Bertz CT molecular complexity index is 897. The SMILES string of the molecule is CCOC(=O)c1ccc(NC(=O)CN2C[C@@H](C(=O)NC)Oc3ccccc32)cc1. The zero-order valence-corrected chi connectivity index (χ0v) is 16.3. The fourth-order valence-corrected chi connectivity index (χ4v) is 3.03. The first-order chi connectivity index (χ1) is 14.0. The van der Waals surface area contributed by atoms with Crippen LogP contribution in [0.1, 0.15) is 17.3 Å². The molecule has 0 aromatic heterocycles. The Morgan fingerprint density at radius 2 is 1.86 bits per heavy atom. The first kappa shape index (κ1) is 20.2. The molecule has 1 heterocycles. The maximum absolute atomic E-state index is 12.6. The van der Waals surface area contributed by atoms with Gasteiger partial charge in [0.25, 0.3) is 5.91 Å². The third-order valence-corrected chi connectivity index (χ3v) is 4.41. The van der Waals surface area contributed by atoms with Crippen LogP contribution in [-0.2, 0) is 14.3 Å². The summed E-state index contributed by atoms with van der Waals surface area (Å²) in [6.07, 6.45) is -0.702. The Labute approximate surface area is 168 Å². The van der Waals surface area contributed by atoms with Gasteiger partial charge < -0.3 is 25.0 Å². The molecule has 0 saturated heterocycles. The minimum absolute atomic E-state index is 0.0491. The van der Waals surface area contributed by atoms with E-state index in [0.29, 0.717) is 23.6 Å². The summed E-state index contributed by atoms with van der Waals surface area (Å²) in [4.78, 5) is 38.1. The van der Waals surface area contributed by atoms with Crippen LogP contribution in [0.4, 0.5) is 11.4 Å². The number of nitrogens with zero attached hydrogens (tertiary/aromatic N) is 1. The summed E-state index contributed by atoms with van der Waals surface area (Å²) in [5.74, 6) is -0.352. The molecule has 152 valence electrons. The lowest BCUT2D eigenvalue weighted by Crippen LogP contribution is -2.50. The molecule has 2 N–H and O–H groups in total. The Morgan fingerprint density at radius 3 is 2.55 bits per heavy atom. The second-order valence-corrected chi connectivity index (χ2v) is 6.41. The Balaban J connectivity index is 1.68. The zero-order valence-electron chi connectivity index (χ0n) is 16.3. The van der Waals surface area contributed by atoms with Crippen molar-refractivity contribution in [3.05, 3.63) is 54.1 Å². The van der Waals surface area contributed by atoms with Crippen molar-refractivity contribution in [1.82, 2.24) is 5.32 Å². The topological polar surface area (TPSA) is 97.0 Å². The summed E-state index contributed by atoms with van der Waals surface area (Å²) in [7, 11) is 1.54. The fourth-order valence-electron chi connectivity index (χ4n) is 3.03.